The summed E-state index contributed by atoms with van der Waals surface area (Å²) in [6, 6.07) is 55.4. The van der Waals surface area contributed by atoms with Crippen molar-refractivity contribution in [2.24, 2.45) is 0 Å². The van der Waals surface area contributed by atoms with Crippen LogP contribution in [0, 0.1) is 0 Å². The predicted molar refractivity (Wildman–Crippen MR) is 196 cm³/mol. The highest BCUT2D eigenvalue weighted by atomic mass is 16.7. The Bertz CT molecular complexity index is 2410. The van der Waals surface area contributed by atoms with Crippen molar-refractivity contribution in [3.05, 3.63) is 158 Å². The number of benzene rings is 7. The molecule has 0 amide bonds. The molecule has 9 rings (SSSR count). The summed E-state index contributed by atoms with van der Waals surface area (Å²) in [5.74, 6) is 0.719. The second-order valence-corrected chi connectivity index (χ2v) is 12.9. The van der Waals surface area contributed by atoms with Crippen LogP contribution in [0.4, 0.5) is 0 Å². The molecule has 2 heterocycles. The van der Waals surface area contributed by atoms with Crippen molar-refractivity contribution in [2.45, 2.75) is 19.6 Å². The molecular weight excluding hydrogens is 588 g/mol. The van der Waals surface area contributed by atoms with Crippen LogP contribution in [0.25, 0.3) is 77.6 Å². The van der Waals surface area contributed by atoms with Crippen LogP contribution in [-0.2, 0) is 0 Å². The van der Waals surface area contributed by atoms with E-state index < -0.39 is 5.79 Å². The molecule has 1 aromatic heterocycles. The topological polar surface area (TPSA) is 31.6 Å². The van der Waals surface area contributed by atoms with Crippen molar-refractivity contribution in [1.29, 1.82) is 0 Å². The van der Waals surface area contributed by atoms with Crippen molar-refractivity contribution in [3.8, 4) is 67.1 Å². The molecule has 0 aliphatic carbocycles. The summed E-state index contributed by atoms with van der Waals surface area (Å²) in [6.07, 6.45) is 0. The van der Waals surface area contributed by atoms with E-state index in [0.717, 1.165) is 66.8 Å². The molecule has 3 heteroatoms. The average molecular weight is 621 g/mol. The van der Waals surface area contributed by atoms with Gasteiger partial charge in [-0.15, -0.1) is 0 Å². The molecule has 0 atom stereocenters. The van der Waals surface area contributed by atoms with Gasteiger partial charge in [0.15, 0.2) is 0 Å². The van der Waals surface area contributed by atoms with E-state index in [0.29, 0.717) is 0 Å². The summed E-state index contributed by atoms with van der Waals surface area (Å²) in [4.78, 5) is 0. The maximum Gasteiger partial charge on any atom is 0.245 e. The molecule has 0 fully saturated rings. The van der Waals surface area contributed by atoms with Crippen LogP contribution in [0.15, 0.2) is 162 Å². The van der Waals surface area contributed by atoms with Crippen LogP contribution in [-0.4, -0.2) is 5.79 Å². The second kappa shape index (κ2) is 11.0. The summed E-state index contributed by atoms with van der Waals surface area (Å²) in [5.41, 5.74) is 12.9. The Morgan fingerprint density at radius 3 is 1.62 bits per heavy atom. The maximum atomic E-state index is 6.59. The highest BCUT2D eigenvalue weighted by molar-refractivity contribution is 6.06. The van der Waals surface area contributed by atoms with Crippen LogP contribution in [0.5, 0.6) is 11.5 Å². The lowest BCUT2D eigenvalue weighted by molar-refractivity contribution is -0.0778. The number of ether oxygens (including phenoxy) is 2. The Balaban J connectivity index is 1.17. The van der Waals surface area contributed by atoms with E-state index in [-0.39, 0.29) is 0 Å². The van der Waals surface area contributed by atoms with Crippen molar-refractivity contribution in [3.63, 3.8) is 0 Å². The van der Waals surface area contributed by atoms with E-state index in [9.17, 15) is 0 Å². The minimum Gasteiger partial charge on any atom is -0.456 e. The number of fused-ring (bicyclic) bond motifs is 6. The van der Waals surface area contributed by atoms with Crippen LogP contribution >= 0.6 is 0 Å². The minimum absolute atomic E-state index is 0.786. The molecule has 0 radical (unpaired) electrons. The molecule has 0 saturated heterocycles. The van der Waals surface area contributed by atoms with Crippen LogP contribution < -0.4 is 9.47 Å². The van der Waals surface area contributed by atoms with Gasteiger partial charge in [0, 0.05) is 35.7 Å². The Kier molecular flexibility index (Phi) is 6.48. The van der Waals surface area contributed by atoms with Gasteiger partial charge in [-0.1, -0.05) is 97.1 Å². The summed E-state index contributed by atoms with van der Waals surface area (Å²) < 4.78 is 19.2. The molecule has 1 aliphatic heterocycles. The average Bonchev–Trinajstić information content (AvgIpc) is 3.45. The fourth-order valence-corrected chi connectivity index (χ4v) is 6.86. The quantitative estimate of drug-likeness (QED) is 0.196. The van der Waals surface area contributed by atoms with Crippen molar-refractivity contribution < 1.29 is 13.9 Å². The smallest absolute Gasteiger partial charge is 0.245 e. The number of rotatable bonds is 4. The minimum atomic E-state index is -0.863. The Labute approximate surface area is 279 Å². The van der Waals surface area contributed by atoms with Gasteiger partial charge < -0.3 is 13.9 Å². The number of para-hydroxylation sites is 1. The third-order valence-corrected chi connectivity index (χ3v) is 9.15. The molecule has 0 spiro atoms. The lowest BCUT2D eigenvalue weighted by atomic mass is 9.91. The van der Waals surface area contributed by atoms with Crippen LogP contribution in [0.2, 0.25) is 0 Å². The highest BCUT2D eigenvalue weighted by Gasteiger charge is 2.30. The van der Waals surface area contributed by atoms with Crippen LogP contribution in [0.3, 0.4) is 0 Å². The Hall–Kier alpha value is -6.06. The number of hydrogen-bond acceptors (Lipinski definition) is 3. The summed E-state index contributed by atoms with van der Waals surface area (Å²) in [6.45, 7) is 3.93. The lowest BCUT2D eigenvalue weighted by Gasteiger charge is -2.25. The van der Waals surface area contributed by atoms with Gasteiger partial charge in [0.1, 0.15) is 22.7 Å². The molecule has 0 unspecified atom stereocenters. The first-order chi connectivity index (χ1) is 23.5. The van der Waals surface area contributed by atoms with Gasteiger partial charge in [-0.3, -0.25) is 0 Å². The van der Waals surface area contributed by atoms with E-state index >= 15 is 0 Å². The molecule has 0 saturated carbocycles. The fourth-order valence-electron chi connectivity index (χ4n) is 6.86. The molecule has 230 valence electrons. The first-order valence-electron chi connectivity index (χ1n) is 16.3. The molecule has 7 aromatic carbocycles. The van der Waals surface area contributed by atoms with E-state index in [1.807, 2.05) is 32.0 Å². The zero-order chi connectivity index (χ0) is 32.2. The Morgan fingerprint density at radius 2 is 0.896 bits per heavy atom. The molecule has 1 aliphatic rings. The van der Waals surface area contributed by atoms with Gasteiger partial charge in [-0.05, 0) is 105 Å². The molecule has 8 aromatic rings. The summed E-state index contributed by atoms with van der Waals surface area (Å²) >= 11 is 0. The summed E-state index contributed by atoms with van der Waals surface area (Å²) in [5, 5.41) is 2.22. The molecule has 48 heavy (non-hydrogen) atoms. The lowest BCUT2D eigenvalue weighted by Crippen LogP contribution is -2.34. The zero-order valence-electron chi connectivity index (χ0n) is 26.7. The molecule has 3 nitrogen and oxygen atoms in total. The van der Waals surface area contributed by atoms with Crippen LogP contribution in [0.1, 0.15) is 13.8 Å². The normalized spacial score (nSPS) is 13.3. The van der Waals surface area contributed by atoms with Gasteiger partial charge in [0.2, 0.25) is 5.79 Å². The van der Waals surface area contributed by atoms with Crippen molar-refractivity contribution in [1.82, 2.24) is 0 Å². The van der Waals surface area contributed by atoms with Crippen molar-refractivity contribution >= 4 is 21.9 Å². The first-order valence-corrected chi connectivity index (χ1v) is 16.3. The second-order valence-electron chi connectivity index (χ2n) is 12.9. The van der Waals surface area contributed by atoms with Gasteiger partial charge in [-0.2, -0.15) is 0 Å². The molecule has 0 N–H and O–H groups in total. The predicted octanol–water partition coefficient (Wildman–Crippen LogP) is 12.4. The fraction of sp³-hybridized carbons (Fsp3) is 0.0667. The monoisotopic (exact) mass is 620 g/mol. The first kappa shape index (κ1) is 28.2. The number of furan rings is 1. The summed E-state index contributed by atoms with van der Waals surface area (Å²) in [7, 11) is 0. The third-order valence-electron chi connectivity index (χ3n) is 9.15. The third kappa shape index (κ3) is 5.01. The van der Waals surface area contributed by atoms with E-state index in [1.165, 1.54) is 22.3 Å². The van der Waals surface area contributed by atoms with E-state index in [4.69, 9.17) is 13.9 Å². The van der Waals surface area contributed by atoms with Gasteiger partial charge in [-0.25, -0.2) is 0 Å². The van der Waals surface area contributed by atoms with E-state index in [2.05, 4.69) is 140 Å². The van der Waals surface area contributed by atoms with Gasteiger partial charge in [0.25, 0.3) is 0 Å². The number of hydrogen-bond donors (Lipinski definition) is 0. The zero-order valence-corrected chi connectivity index (χ0v) is 26.7. The van der Waals surface area contributed by atoms with Crippen molar-refractivity contribution in [2.75, 3.05) is 0 Å². The molecule has 0 bridgehead atoms. The molecular formula is C45H32O3. The SMILES string of the molecule is CC1(C)Oc2cc(-c3ccc4oc5ccccc5c4c3)ccc2-c2cc(-c3cc(-c4ccccc4)cc(-c4ccccc4)c3)ccc2O1. The van der Waals surface area contributed by atoms with E-state index in [1.54, 1.807) is 0 Å². The largest absolute Gasteiger partial charge is 0.456 e. The van der Waals surface area contributed by atoms with Gasteiger partial charge in [0.05, 0.1) is 0 Å². The highest BCUT2D eigenvalue weighted by Crippen LogP contribution is 2.46. The van der Waals surface area contributed by atoms with Gasteiger partial charge >= 0.3 is 0 Å². The Morgan fingerprint density at radius 1 is 0.354 bits per heavy atom. The standard InChI is InChI=1S/C45H32O3/c1-45(2)47-43-22-19-32(36-24-34(29-11-5-3-6-12-29)23-35(25-36)30-13-7-4-8-14-30)27-40(43)38-20-17-33(28-44(38)48-45)31-18-21-42-39(26-31)37-15-9-10-16-41(37)46-42/h3-28H,1-2H3. The maximum absolute atomic E-state index is 6.59.